The van der Waals surface area contributed by atoms with E-state index in [1.165, 1.54) is 18.4 Å². The molecule has 2 bridgehead atoms. The number of aromatic nitrogens is 1. The van der Waals surface area contributed by atoms with Gasteiger partial charge in [-0.3, -0.25) is 14.7 Å². The van der Waals surface area contributed by atoms with Crippen LogP contribution >= 0.6 is 0 Å². The van der Waals surface area contributed by atoms with Crippen LogP contribution in [0.1, 0.15) is 28.8 Å². The van der Waals surface area contributed by atoms with E-state index in [4.69, 9.17) is 0 Å². The minimum absolute atomic E-state index is 0.149. The molecule has 2 aromatic rings. The monoisotopic (exact) mass is 321 g/mol. The number of benzene rings is 1. The molecule has 5 rings (SSSR count). The molecule has 0 unspecified atom stereocenters. The quantitative estimate of drug-likeness (QED) is 0.872. The highest BCUT2D eigenvalue weighted by Crippen LogP contribution is 2.29. The molecule has 124 valence electrons. The van der Waals surface area contributed by atoms with Crippen LogP contribution in [-0.2, 0) is 6.54 Å². The lowest BCUT2D eigenvalue weighted by Gasteiger charge is -2.36. The maximum absolute atomic E-state index is 12.8. The lowest BCUT2D eigenvalue weighted by Crippen LogP contribution is -2.43. The molecule has 3 saturated heterocycles. The molecule has 0 aliphatic carbocycles. The van der Waals surface area contributed by atoms with Crippen molar-refractivity contribution in [2.45, 2.75) is 25.4 Å². The fraction of sp³-hybridized carbons (Fsp3) is 0.400. The van der Waals surface area contributed by atoms with Crippen LogP contribution in [-0.4, -0.2) is 46.4 Å². The summed E-state index contributed by atoms with van der Waals surface area (Å²) in [5.74, 6) is 0.731. The largest absolute Gasteiger partial charge is 0.337 e. The molecule has 1 aromatic heterocycles. The van der Waals surface area contributed by atoms with Crippen molar-refractivity contribution >= 4 is 5.91 Å². The van der Waals surface area contributed by atoms with Gasteiger partial charge in [0.2, 0.25) is 0 Å². The minimum atomic E-state index is 0.149. The first-order valence-electron chi connectivity index (χ1n) is 8.77. The van der Waals surface area contributed by atoms with Gasteiger partial charge >= 0.3 is 0 Å². The Bertz CT molecular complexity index is 689. The predicted molar refractivity (Wildman–Crippen MR) is 93.5 cm³/mol. The van der Waals surface area contributed by atoms with Crippen molar-refractivity contribution in [2.75, 3.05) is 19.6 Å². The molecule has 4 heteroatoms. The summed E-state index contributed by atoms with van der Waals surface area (Å²) >= 11 is 0. The molecule has 2 atom stereocenters. The van der Waals surface area contributed by atoms with Crippen LogP contribution in [0.2, 0.25) is 0 Å². The second kappa shape index (κ2) is 6.73. The maximum atomic E-state index is 12.8. The number of nitrogens with zero attached hydrogens (tertiary/aromatic N) is 3. The fourth-order valence-electron chi connectivity index (χ4n) is 4.03. The Kier molecular flexibility index (Phi) is 4.30. The summed E-state index contributed by atoms with van der Waals surface area (Å²) in [5, 5.41) is 0. The Hall–Kier alpha value is -2.20. The van der Waals surface area contributed by atoms with Crippen molar-refractivity contribution in [2.24, 2.45) is 5.92 Å². The Morgan fingerprint density at radius 3 is 2.58 bits per heavy atom. The average Bonchev–Trinajstić information content (AvgIpc) is 2.94. The third-order valence-corrected chi connectivity index (χ3v) is 5.27. The summed E-state index contributed by atoms with van der Waals surface area (Å²) in [6.07, 6.45) is 5.82. The summed E-state index contributed by atoms with van der Waals surface area (Å²) in [4.78, 5) is 21.5. The first-order valence-corrected chi connectivity index (χ1v) is 8.77. The van der Waals surface area contributed by atoms with E-state index in [-0.39, 0.29) is 5.91 Å². The molecular formula is C20H23N3O. The number of amides is 1. The number of piperidine rings is 1. The van der Waals surface area contributed by atoms with Gasteiger partial charge in [0.15, 0.2) is 0 Å². The zero-order valence-corrected chi connectivity index (χ0v) is 13.8. The normalized spacial score (nSPS) is 23.9. The molecule has 1 aromatic carbocycles. The van der Waals surface area contributed by atoms with Gasteiger partial charge in [-0.25, -0.2) is 0 Å². The zero-order chi connectivity index (χ0) is 16.4. The van der Waals surface area contributed by atoms with Gasteiger partial charge in [0, 0.05) is 50.2 Å². The van der Waals surface area contributed by atoms with Crippen molar-refractivity contribution < 1.29 is 4.79 Å². The van der Waals surface area contributed by atoms with Crippen LogP contribution in [0.15, 0.2) is 54.9 Å². The number of rotatable bonds is 3. The van der Waals surface area contributed by atoms with E-state index in [1.807, 2.05) is 12.1 Å². The lowest BCUT2D eigenvalue weighted by molar-refractivity contribution is 0.0736. The number of pyridine rings is 1. The maximum Gasteiger partial charge on any atom is 0.254 e. The van der Waals surface area contributed by atoms with E-state index in [0.29, 0.717) is 12.0 Å². The molecular weight excluding hydrogens is 298 g/mol. The Morgan fingerprint density at radius 2 is 1.79 bits per heavy atom. The van der Waals surface area contributed by atoms with E-state index >= 15 is 0 Å². The van der Waals surface area contributed by atoms with E-state index in [2.05, 4.69) is 45.1 Å². The smallest absolute Gasteiger partial charge is 0.254 e. The van der Waals surface area contributed by atoms with E-state index in [0.717, 1.165) is 31.7 Å². The van der Waals surface area contributed by atoms with E-state index < -0.39 is 0 Å². The summed E-state index contributed by atoms with van der Waals surface area (Å²) in [7, 11) is 0. The van der Waals surface area contributed by atoms with Crippen LogP contribution in [0.4, 0.5) is 0 Å². The standard InChI is InChI=1S/C20H23N3O/c24-20(18-8-10-21-11-9-18)23-14-17-6-7-19(15-23)22(13-17)12-16-4-2-1-3-5-16/h1-5,8-11,17,19H,6-7,12-15H2/t17-,19-/m0/s1. The number of hydrogen-bond acceptors (Lipinski definition) is 3. The second-order valence-corrected chi connectivity index (χ2v) is 6.96. The number of carbonyl (C=O) groups is 1. The Labute approximate surface area is 143 Å². The topological polar surface area (TPSA) is 36.4 Å². The first-order chi connectivity index (χ1) is 11.8. The third kappa shape index (κ3) is 3.20. The lowest BCUT2D eigenvalue weighted by atomic mass is 9.94. The van der Waals surface area contributed by atoms with Crippen LogP contribution < -0.4 is 0 Å². The summed E-state index contributed by atoms with van der Waals surface area (Å²) in [6, 6.07) is 14.8. The molecule has 0 radical (unpaired) electrons. The van der Waals surface area contributed by atoms with Gasteiger partial charge < -0.3 is 4.90 Å². The van der Waals surface area contributed by atoms with Crippen molar-refractivity contribution in [3.8, 4) is 0 Å². The third-order valence-electron chi connectivity index (χ3n) is 5.27. The van der Waals surface area contributed by atoms with Gasteiger partial charge in [-0.1, -0.05) is 30.3 Å². The van der Waals surface area contributed by atoms with Crippen LogP contribution in [0.5, 0.6) is 0 Å². The van der Waals surface area contributed by atoms with Crippen molar-refractivity contribution in [3.05, 3.63) is 66.0 Å². The van der Waals surface area contributed by atoms with E-state index in [9.17, 15) is 4.79 Å². The van der Waals surface area contributed by atoms with Crippen LogP contribution in [0.25, 0.3) is 0 Å². The molecule has 4 nitrogen and oxygen atoms in total. The number of carbonyl (C=O) groups excluding carboxylic acids is 1. The Morgan fingerprint density at radius 1 is 1.00 bits per heavy atom. The molecule has 1 amide bonds. The van der Waals surface area contributed by atoms with Gasteiger partial charge in [-0.05, 0) is 36.5 Å². The SMILES string of the molecule is O=C(c1ccncc1)N1C[C@H]2CC[C@@H](C1)N(Cc1ccccc1)C2. The first kappa shape index (κ1) is 15.3. The van der Waals surface area contributed by atoms with Crippen LogP contribution in [0.3, 0.4) is 0 Å². The number of fused-ring (bicyclic) bond motifs is 4. The highest BCUT2D eigenvalue weighted by Gasteiger charge is 2.36. The average molecular weight is 321 g/mol. The molecule has 0 N–H and O–H groups in total. The summed E-state index contributed by atoms with van der Waals surface area (Å²) in [6.45, 7) is 3.80. The van der Waals surface area contributed by atoms with Crippen molar-refractivity contribution in [3.63, 3.8) is 0 Å². The number of hydrogen-bond donors (Lipinski definition) is 0. The van der Waals surface area contributed by atoms with Crippen molar-refractivity contribution in [1.82, 2.24) is 14.8 Å². The minimum Gasteiger partial charge on any atom is -0.337 e. The predicted octanol–water partition coefficient (Wildman–Crippen LogP) is 2.82. The van der Waals surface area contributed by atoms with Gasteiger partial charge in [0.25, 0.3) is 5.91 Å². The zero-order valence-electron chi connectivity index (χ0n) is 13.8. The summed E-state index contributed by atoms with van der Waals surface area (Å²) < 4.78 is 0. The molecule has 4 heterocycles. The highest BCUT2D eigenvalue weighted by molar-refractivity contribution is 5.94. The second-order valence-electron chi connectivity index (χ2n) is 6.96. The van der Waals surface area contributed by atoms with Gasteiger partial charge in [0.1, 0.15) is 0 Å². The Balaban J connectivity index is 1.49. The molecule has 0 saturated carbocycles. The molecule has 0 spiro atoms. The van der Waals surface area contributed by atoms with Crippen LogP contribution in [0, 0.1) is 5.92 Å². The van der Waals surface area contributed by atoms with Gasteiger partial charge in [-0.15, -0.1) is 0 Å². The van der Waals surface area contributed by atoms with E-state index in [1.54, 1.807) is 12.4 Å². The molecule has 24 heavy (non-hydrogen) atoms. The van der Waals surface area contributed by atoms with Gasteiger partial charge in [-0.2, -0.15) is 0 Å². The van der Waals surface area contributed by atoms with Crippen molar-refractivity contribution in [1.29, 1.82) is 0 Å². The summed E-state index contributed by atoms with van der Waals surface area (Å²) in [5.41, 5.74) is 2.11. The molecule has 3 aliphatic rings. The highest BCUT2D eigenvalue weighted by atomic mass is 16.2. The molecule has 3 fully saturated rings. The fourth-order valence-corrected chi connectivity index (χ4v) is 4.03. The van der Waals surface area contributed by atoms with Gasteiger partial charge in [0.05, 0.1) is 0 Å². The molecule has 3 aliphatic heterocycles.